The molecule has 0 aromatic carbocycles. The lowest BCUT2D eigenvalue weighted by Crippen LogP contribution is -2.32. The minimum Gasteiger partial charge on any atom is -0.464 e. The molecule has 0 amide bonds. The number of hydrogen-bond donors (Lipinski definition) is 0. The zero-order valence-electron chi connectivity index (χ0n) is 14.3. The molecule has 22 heavy (non-hydrogen) atoms. The predicted molar refractivity (Wildman–Crippen MR) is 88.1 cm³/mol. The Kier molecular flexibility index (Phi) is 7.32. The quantitative estimate of drug-likeness (QED) is 0.690. The van der Waals surface area contributed by atoms with Crippen molar-refractivity contribution in [3.63, 3.8) is 0 Å². The third-order valence-electron chi connectivity index (χ3n) is 3.45. The molecule has 1 unspecified atom stereocenters. The highest BCUT2D eigenvalue weighted by Gasteiger charge is 2.23. The molecule has 5 nitrogen and oxygen atoms in total. The number of aromatic nitrogens is 1. The topological polar surface area (TPSA) is 51.5 Å². The van der Waals surface area contributed by atoms with Crippen molar-refractivity contribution in [2.24, 2.45) is 5.92 Å². The van der Waals surface area contributed by atoms with Gasteiger partial charge in [-0.15, -0.1) is 0 Å². The molecular weight excluding hydrogens is 280 g/mol. The summed E-state index contributed by atoms with van der Waals surface area (Å²) in [6.07, 6.45) is 3.13. The van der Waals surface area contributed by atoms with Crippen LogP contribution in [0.2, 0.25) is 0 Å². The Hall–Kier alpha value is -1.62. The molecule has 0 N–H and O–H groups in total. The summed E-state index contributed by atoms with van der Waals surface area (Å²) in [5.74, 6) is -0.0333. The van der Waals surface area contributed by atoms with E-state index < -0.39 is 6.04 Å². The molecule has 0 aliphatic carbocycles. The Balaban J connectivity index is 2.99. The summed E-state index contributed by atoms with van der Waals surface area (Å²) in [5, 5.41) is 0. The van der Waals surface area contributed by atoms with Gasteiger partial charge in [0.15, 0.2) is 0 Å². The molecule has 0 saturated carbocycles. The molecular formula is C17H28N2O3. The normalized spacial score (nSPS) is 12.7. The molecule has 1 rings (SSSR count). The van der Waals surface area contributed by atoms with Gasteiger partial charge in [0.25, 0.3) is 5.56 Å². The maximum Gasteiger partial charge on any atom is 0.329 e. The lowest BCUT2D eigenvalue weighted by Gasteiger charge is -2.20. The fourth-order valence-corrected chi connectivity index (χ4v) is 2.30. The summed E-state index contributed by atoms with van der Waals surface area (Å²) in [6.45, 7) is 7.04. The number of esters is 1. The van der Waals surface area contributed by atoms with Crippen molar-refractivity contribution in [2.75, 3.05) is 27.2 Å². The lowest BCUT2D eigenvalue weighted by molar-refractivity contribution is -0.147. The summed E-state index contributed by atoms with van der Waals surface area (Å²) < 4.78 is 6.62. The Morgan fingerprint density at radius 1 is 1.36 bits per heavy atom. The van der Waals surface area contributed by atoms with Gasteiger partial charge in [-0.05, 0) is 51.4 Å². The van der Waals surface area contributed by atoms with Gasteiger partial charge >= 0.3 is 5.97 Å². The van der Waals surface area contributed by atoms with E-state index in [1.54, 1.807) is 19.2 Å². The van der Waals surface area contributed by atoms with Crippen molar-refractivity contribution in [3.8, 4) is 0 Å². The molecule has 1 aromatic heterocycles. The average molecular weight is 308 g/mol. The maximum absolute atomic E-state index is 12.4. The van der Waals surface area contributed by atoms with E-state index in [1.807, 2.05) is 34.0 Å². The zero-order chi connectivity index (χ0) is 16.7. The van der Waals surface area contributed by atoms with Crippen LogP contribution in [0, 0.1) is 5.92 Å². The van der Waals surface area contributed by atoms with Gasteiger partial charge in [-0.3, -0.25) is 4.79 Å². The smallest absolute Gasteiger partial charge is 0.329 e. The minimum atomic E-state index is -0.546. The van der Waals surface area contributed by atoms with E-state index in [0.717, 1.165) is 18.5 Å². The summed E-state index contributed by atoms with van der Waals surface area (Å²) in [4.78, 5) is 26.6. The van der Waals surface area contributed by atoms with Crippen LogP contribution >= 0.6 is 0 Å². The van der Waals surface area contributed by atoms with Crippen LogP contribution in [0.3, 0.4) is 0 Å². The first-order valence-corrected chi connectivity index (χ1v) is 7.87. The van der Waals surface area contributed by atoms with Gasteiger partial charge in [0.2, 0.25) is 0 Å². The molecule has 124 valence electrons. The van der Waals surface area contributed by atoms with E-state index in [2.05, 4.69) is 4.90 Å². The molecule has 0 saturated heterocycles. The molecule has 0 radical (unpaired) electrons. The van der Waals surface area contributed by atoms with Crippen LogP contribution in [0.15, 0.2) is 23.1 Å². The Bertz CT molecular complexity index is 535. The first-order valence-electron chi connectivity index (χ1n) is 7.87. The van der Waals surface area contributed by atoms with Gasteiger partial charge in [0.05, 0.1) is 6.61 Å². The number of rotatable bonds is 8. The summed E-state index contributed by atoms with van der Waals surface area (Å²) in [6, 6.07) is 2.99. The van der Waals surface area contributed by atoms with E-state index in [0.29, 0.717) is 18.9 Å². The van der Waals surface area contributed by atoms with E-state index in [4.69, 9.17) is 4.74 Å². The lowest BCUT2D eigenvalue weighted by atomic mass is 10.0. The molecule has 0 spiro atoms. The number of likely N-dealkylation sites (N-methyl/N-ethyl adjacent to an activating group) is 1. The van der Waals surface area contributed by atoms with E-state index in [9.17, 15) is 9.59 Å². The minimum absolute atomic E-state index is 0.144. The number of hydrogen-bond acceptors (Lipinski definition) is 4. The number of nitrogens with zero attached hydrogens (tertiary/aromatic N) is 2. The van der Waals surface area contributed by atoms with Gasteiger partial charge in [-0.2, -0.15) is 0 Å². The van der Waals surface area contributed by atoms with Crippen molar-refractivity contribution >= 4 is 5.97 Å². The third-order valence-corrected chi connectivity index (χ3v) is 3.45. The first kappa shape index (κ1) is 18.4. The molecule has 0 aliphatic rings. The number of ether oxygens (including phenoxy) is 1. The Morgan fingerprint density at radius 2 is 2.05 bits per heavy atom. The van der Waals surface area contributed by atoms with Crippen molar-refractivity contribution in [3.05, 3.63) is 34.2 Å². The number of pyridine rings is 1. The molecule has 0 aliphatic heterocycles. The van der Waals surface area contributed by atoms with Gasteiger partial charge < -0.3 is 14.2 Å². The second-order valence-corrected chi connectivity index (χ2v) is 6.23. The predicted octanol–water partition coefficient (Wildman–Crippen LogP) is 2.10. The van der Waals surface area contributed by atoms with Gasteiger partial charge in [0.1, 0.15) is 6.04 Å². The molecule has 5 heteroatoms. The Labute approximate surface area is 132 Å². The van der Waals surface area contributed by atoms with Crippen LogP contribution < -0.4 is 5.56 Å². The molecule has 1 heterocycles. The van der Waals surface area contributed by atoms with Gasteiger partial charge in [-0.25, -0.2) is 4.79 Å². The van der Waals surface area contributed by atoms with Crippen LogP contribution in [-0.2, 0) is 16.0 Å². The molecule has 1 aromatic rings. The standard InChI is InChI=1S/C17H28N2O3/c1-6-22-17(21)15(11-13(2)3)19-10-8-14(12-16(19)20)7-9-18(4)5/h8,10,12-13,15H,6-7,9,11H2,1-5H3. The Morgan fingerprint density at radius 3 is 2.55 bits per heavy atom. The SMILES string of the molecule is CCOC(=O)C(CC(C)C)n1ccc(CCN(C)C)cc1=O. The summed E-state index contributed by atoms with van der Waals surface area (Å²) >= 11 is 0. The van der Waals surface area contributed by atoms with Gasteiger partial charge in [-0.1, -0.05) is 13.8 Å². The molecule has 1 atom stereocenters. The maximum atomic E-state index is 12.4. The second kappa shape index (κ2) is 8.73. The first-order chi connectivity index (χ1) is 10.3. The molecule has 0 bridgehead atoms. The van der Waals surface area contributed by atoms with Crippen LogP contribution in [0.5, 0.6) is 0 Å². The highest BCUT2D eigenvalue weighted by molar-refractivity contribution is 5.74. The fourth-order valence-electron chi connectivity index (χ4n) is 2.30. The zero-order valence-corrected chi connectivity index (χ0v) is 14.3. The average Bonchev–Trinajstić information content (AvgIpc) is 2.43. The van der Waals surface area contributed by atoms with E-state index in [-0.39, 0.29) is 11.5 Å². The van der Waals surface area contributed by atoms with Crippen LogP contribution in [0.1, 0.15) is 38.8 Å². The highest BCUT2D eigenvalue weighted by Crippen LogP contribution is 2.18. The van der Waals surface area contributed by atoms with E-state index in [1.165, 1.54) is 4.57 Å². The van der Waals surface area contributed by atoms with Crippen LogP contribution in [0.4, 0.5) is 0 Å². The monoisotopic (exact) mass is 308 g/mol. The van der Waals surface area contributed by atoms with Crippen LogP contribution in [0.25, 0.3) is 0 Å². The van der Waals surface area contributed by atoms with Crippen molar-refractivity contribution in [1.29, 1.82) is 0 Å². The fraction of sp³-hybridized carbons (Fsp3) is 0.647. The van der Waals surface area contributed by atoms with Crippen molar-refractivity contribution in [2.45, 2.75) is 39.7 Å². The number of carbonyl (C=O) groups excluding carboxylic acids is 1. The van der Waals surface area contributed by atoms with Gasteiger partial charge in [0, 0.05) is 18.8 Å². The largest absolute Gasteiger partial charge is 0.464 e. The summed E-state index contributed by atoms with van der Waals surface area (Å²) in [7, 11) is 4.00. The van der Waals surface area contributed by atoms with Crippen molar-refractivity contribution < 1.29 is 9.53 Å². The summed E-state index contributed by atoms with van der Waals surface area (Å²) in [5.41, 5.74) is 0.845. The van der Waals surface area contributed by atoms with Crippen molar-refractivity contribution in [1.82, 2.24) is 9.47 Å². The van der Waals surface area contributed by atoms with E-state index >= 15 is 0 Å². The van der Waals surface area contributed by atoms with Crippen LogP contribution in [-0.4, -0.2) is 42.7 Å². The second-order valence-electron chi connectivity index (χ2n) is 6.23. The number of carbonyl (C=O) groups is 1. The molecule has 0 fully saturated rings. The highest BCUT2D eigenvalue weighted by atomic mass is 16.5. The third kappa shape index (κ3) is 5.64.